The number of carbonyl (C=O) groups is 2. The fraction of sp³-hybridized carbons (Fsp3) is 0.462. The van der Waals surface area contributed by atoms with Gasteiger partial charge in [-0.25, -0.2) is 0 Å². The molecule has 1 spiro atoms. The van der Waals surface area contributed by atoms with Crippen molar-refractivity contribution in [2.75, 3.05) is 26.7 Å². The minimum atomic E-state index is 0.162. The first kappa shape index (κ1) is 21.4. The second-order valence-electron chi connectivity index (χ2n) is 8.92. The molecule has 0 aliphatic carbocycles. The zero-order valence-electron chi connectivity index (χ0n) is 18.4. The molecular weight excluding hydrogens is 388 g/mol. The number of amides is 2. The number of ether oxygens (including phenoxy) is 1. The molecule has 2 aliphatic heterocycles. The van der Waals surface area contributed by atoms with Gasteiger partial charge in [-0.1, -0.05) is 48.5 Å². The molecule has 164 valence electrons. The number of para-hydroxylation sites is 1. The van der Waals surface area contributed by atoms with Crippen LogP contribution in [0.5, 0.6) is 5.75 Å². The lowest BCUT2D eigenvalue weighted by Gasteiger charge is -2.41. The van der Waals surface area contributed by atoms with Crippen LogP contribution < -0.4 is 4.74 Å². The van der Waals surface area contributed by atoms with Crippen LogP contribution in [0.4, 0.5) is 0 Å². The summed E-state index contributed by atoms with van der Waals surface area (Å²) in [4.78, 5) is 29.6. The van der Waals surface area contributed by atoms with Crippen molar-refractivity contribution in [1.82, 2.24) is 9.80 Å². The average molecular weight is 421 g/mol. The molecule has 2 fully saturated rings. The largest absolute Gasteiger partial charge is 0.496 e. The van der Waals surface area contributed by atoms with E-state index in [9.17, 15) is 9.59 Å². The molecule has 0 N–H and O–H groups in total. The van der Waals surface area contributed by atoms with Crippen LogP contribution >= 0.6 is 0 Å². The Morgan fingerprint density at radius 2 is 1.61 bits per heavy atom. The zero-order chi connectivity index (χ0) is 21.7. The second kappa shape index (κ2) is 9.54. The van der Waals surface area contributed by atoms with Gasteiger partial charge in [-0.15, -0.1) is 0 Å². The number of carbonyl (C=O) groups excluding carboxylic acids is 2. The highest BCUT2D eigenvalue weighted by Crippen LogP contribution is 2.41. The summed E-state index contributed by atoms with van der Waals surface area (Å²) in [7, 11) is 1.64. The molecule has 4 rings (SSSR count). The van der Waals surface area contributed by atoms with Gasteiger partial charge in [0.05, 0.1) is 13.5 Å². The van der Waals surface area contributed by atoms with Crippen molar-refractivity contribution in [2.24, 2.45) is 5.41 Å². The lowest BCUT2D eigenvalue weighted by Crippen LogP contribution is -2.44. The van der Waals surface area contributed by atoms with Crippen LogP contribution in [0.2, 0.25) is 0 Å². The van der Waals surface area contributed by atoms with Crippen molar-refractivity contribution in [3.8, 4) is 5.75 Å². The molecule has 2 aromatic rings. The lowest BCUT2D eigenvalue weighted by molar-refractivity contribution is -0.133. The average Bonchev–Trinajstić information content (AvgIpc) is 2.95. The molecule has 0 aromatic heterocycles. The Morgan fingerprint density at radius 1 is 0.935 bits per heavy atom. The predicted molar refractivity (Wildman–Crippen MR) is 121 cm³/mol. The van der Waals surface area contributed by atoms with Gasteiger partial charge in [0.15, 0.2) is 0 Å². The summed E-state index contributed by atoms with van der Waals surface area (Å²) >= 11 is 0. The Morgan fingerprint density at radius 3 is 2.35 bits per heavy atom. The van der Waals surface area contributed by atoms with Gasteiger partial charge in [0.25, 0.3) is 0 Å². The number of piperidine rings is 1. The van der Waals surface area contributed by atoms with Crippen LogP contribution in [-0.2, 0) is 22.6 Å². The molecule has 0 radical (unpaired) electrons. The van der Waals surface area contributed by atoms with Gasteiger partial charge in [-0.3, -0.25) is 9.59 Å². The molecule has 2 aliphatic rings. The topological polar surface area (TPSA) is 49.9 Å². The molecular formula is C26H32N2O3. The molecule has 2 saturated heterocycles. The number of hydrogen-bond donors (Lipinski definition) is 0. The van der Waals surface area contributed by atoms with Crippen LogP contribution in [0.3, 0.4) is 0 Å². The maximum Gasteiger partial charge on any atom is 0.227 e. The van der Waals surface area contributed by atoms with E-state index in [1.807, 2.05) is 52.3 Å². The van der Waals surface area contributed by atoms with E-state index in [-0.39, 0.29) is 17.2 Å². The molecule has 5 heteroatoms. The normalized spacial score (nSPS) is 18.7. The molecule has 2 heterocycles. The highest BCUT2D eigenvalue weighted by atomic mass is 16.5. The SMILES string of the molecule is COc1ccccc1CC(=O)N1CCC2(CCC(=O)N(Cc3ccccc3)CC2)CC1. The lowest BCUT2D eigenvalue weighted by atomic mass is 9.73. The molecule has 0 atom stereocenters. The van der Waals surface area contributed by atoms with E-state index in [1.165, 1.54) is 5.56 Å². The Kier molecular flexibility index (Phi) is 6.59. The van der Waals surface area contributed by atoms with Gasteiger partial charge in [0.1, 0.15) is 5.75 Å². The van der Waals surface area contributed by atoms with Crippen LogP contribution in [0.15, 0.2) is 54.6 Å². The Bertz CT molecular complexity index is 904. The molecule has 5 nitrogen and oxygen atoms in total. The fourth-order valence-electron chi connectivity index (χ4n) is 4.98. The van der Waals surface area contributed by atoms with E-state index in [0.717, 1.165) is 56.6 Å². The zero-order valence-corrected chi connectivity index (χ0v) is 18.4. The summed E-state index contributed by atoms with van der Waals surface area (Å²) in [6.07, 6.45) is 4.92. The summed E-state index contributed by atoms with van der Waals surface area (Å²) in [5.41, 5.74) is 2.30. The minimum Gasteiger partial charge on any atom is -0.496 e. The third-order valence-corrected chi connectivity index (χ3v) is 7.06. The first-order valence-corrected chi connectivity index (χ1v) is 11.3. The van der Waals surface area contributed by atoms with E-state index in [0.29, 0.717) is 19.4 Å². The molecule has 0 bridgehead atoms. The van der Waals surface area contributed by atoms with Crippen molar-refractivity contribution >= 4 is 11.8 Å². The van der Waals surface area contributed by atoms with Crippen LogP contribution in [0, 0.1) is 5.41 Å². The fourth-order valence-corrected chi connectivity index (χ4v) is 4.98. The van der Waals surface area contributed by atoms with E-state index in [2.05, 4.69) is 12.1 Å². The third kappa shape index (κ3) is 5.09. The van der Waals surface area contributed by atoms with Crippen molar-refractivity contribution < 1.29 is 14.3 Å². The highest BCUT2D eigenvalue weighted by molar-refractivity contribution is 5.79. The second-order valence-corrected chi connectivity index (χ2v) is 8.92. The summed E-state index contributed by atoms with van der Waals surface area (Å²) in [5.74, 6) is 1.19. The van der Waals surface area contributed by atoms with E-state index in [1.54, 1.807) is 7.11 Å². The molecule has 0 saturated carbocycles. The number of methoxy groups -OCH3 is 1. The number of benzene rings is 2. The standard InChI is InChI=1S/C26H32N2O3/c1-31-23-10-6-5-9-22(23)19-25(30)27-16-13-26(14-17-27)12-11-24(29)28(18-15-26)20-21-7-3-2-4-8-21/h2-10H,11-20H2,1H3. The number of hydrogen-bond acceptors (Lipinski definition) is 3. The smallest absolute Gasteiger partial charge is 0.227 e. The third-order valence-electron chi connectivity index (χ3n) is 7.06. The quantitative estimate of drug-likeness (QED) is 0.733. The van der Waals surface area contributed by atoms with Gasteiger partial charge < -0.3 is 14.5 Å². The van der Waals surface area contributed by atoms with Gasteiger partial charge in [0, 0.05) is 38.2 Å². The minimum absolute atomic E-state index is 0.162. The van der Waals surface area contributed by atoms with Crippen molar-refractivity contribution in [2.45, 2.75) is 45.1 Å². The number of rotatable bonds is 5. The molecule has 2 amide bonds. The summed E-state index contributed by atoms with van der Waals surface area (Å²) < 4.78 is 5.39. The van der Waals surface area contributed by atoms with Crippen molar-refractivity contribution in [1.29, 1.82) is 0 Å². The molecule has 31 heavy (non-hydrogen) atoms. The molecule has 0 unspecified atom stereocenters. The summed E-state index contributed by atoms with van der Waals surface area (Å²) in [6.45, 7) is 3.06. The molecule has 2 aromatic carbocycles. The Labute approximate surface area is 185 Å². The Hall–Kier alpha value is -2.82. The van der Waals surface area contributed by atoms with Gasteiger partial charge in [-0.05, 0) is 42.7 Å². The van der Waals surface area contributed by atoms with Crippen molar-refractivity contribution in [3.05, 3.63) is 65.7 Å². The number of likely N-dealkylation sites (tertiary alicyclic amines) is 2. The summed E-state index contributed by atoms with van der Waals surface area (Å²) in [6, 6.07) is 17.9. The van der Waals surface area contributed by atoms with Crippen LogP contribution in [0.1, 0.15) is 43.2 Å². The van der Waals surface area contributed by atoms with Gasteiger partial charge in [0.2, 0.25) is 11.8 Å². The Balaban J connectivity index is 1.33. The predicted octanol–water partition coefficient (Wildman–Crippen LogP) is 4.06. The maximum atomic E-state index is 12.9. The maximum absolute atomic E-state index is 12.9. The van der Waals surface area contributed by atoms with Crippen LogP contribution in [-0.4, -0.2) is 48.4 Å². The first-order chi connectivity index (χ1) is 15.1. The first-order valence-electron chi connectivity index (χ1n) is 11.3. The monoisotopic (exact) mass is 420 g/mol. The number of nitrogens with zero attached hydrogens (tertiary/aromatic N) is 2. The van der Waals surface area contributed by atoms with E-state index < -0.39 is 0 Å². The summed E-state index contributed by atoms with van der Waals surface area (Å²) in [5, 5.41) is 0. The van der Waals surface area contributed by atoms with Gasteiger partial charge in [-0.2, -0.15) is 0 Å². The highest BCUT2D eigenvalue weighted by Gasteiger charge is 2.38. The van der Waals surface area contributed by atoms with Crippen molar-refractivity contribution in [3.63, 3.8) is 0 Å². The van der Waals surface area contributed by atoms with E-state index in [4.69, 9.17) is 4.74 Å². The van der Waals surface area contributed by atoms with E-state index >= 15 is 0 Å². The van der Waals surface area contributed by atoms with Gasteiger partial charge >= 0.3 is 0 Å². The van der Waals surface area contributed by atoms with Crippen LogP contribution in [0.25, 0.3) is 0 Å².